The van der Waals surface area contributed by atoms with Crippen LogP contribution < -0.4 is 10.4 Å². The van der Waals surface area contributed by atoms with Crippen LogP contribution in [-0.2, 0) is 4.79 Å². The van der Waals surface area contributed by atoms with Gasteiger partial charge in [-0.05, 0) is 62.0 Å². The van der Waals surface area contributed by atoms with Crippen molar-refractivity contribution in [2.24, 2.45) is 5.92 Å². The number of anilines is 1. The highest BCUT2D eigenvalue weighted by Crippen LogP contribution is 2.60. The van der Waals surface area contributed by atoms with Crippen molar-refractivity contribution >= 4 is 11.6 Å². The Bertz CT molecular complexity index is 873. The third-order valence-electron chi connectivity index (χ3n) is 7.36. The zero-order chi connectivity index (χ0) is 20.5. The van der Waals surface area contributed by atoms with Gasteiger partial charge < -0.3 is 9.80 Å². The SMILES string of the molecule is O=C(NO)C1C(c2ccccc2)C1c1cccc(N2CCC(N3CCCC3)CC2)c1. The zero-order valence-electron chi connectivity index (χ0n) is 17.4. The van der Waals surface area contributed by atoms with Crippen LogP contribution in [0.15, 0.2) is 54.6 Å². The highest BCUT2D eigenvalue weighted by molar-refractivity contribution is 5.84. The summed E-state index contributed by atoms with van der Waals surface area (Å²) < 4.78 is 0. The maximum absolute atomic E-state index is 12.3. The van der Waals surface area contributed by atoms with E-state index in [1.54, 1.807) is 0 Å². The Kier molecular flexibility index (Phi) is 5.48. The molecule has 3 unspecified atom stereocenters. The number of nitrogens with one attached hydrogen (secondary N) is 1. The number of rotatable bonds is 5. The second-order valence-corrected chi connectivity index (χ2v) is 9.02. The minimum absolute atomic E-state index is 0.113. The number of benzene rings is 2. The first-order valence-electron chi connectivity index (χ1n) is 11.3. The van der Waals surface area contributed by atoms with E-state index >= 15 is 0 Å². The van der Waals surface area contributed by atoms with Gasteiger partial charge in [0.1, 0.15) is 0 Å². The minimum Gasteiger partial charge on any atom is -0.371 e. The number of carbonyl (C=O) groups excluding carboxylic acids is 1. The summed E-state index contributed by atoms with van der Waals surface area (Å²) in [6.07, 6.45) is 5.18. The van der Waals surface area contributed by atoms with Gasteiger partial charge in [0.05, 0.1) is 5.92 Å². The number of hydroxylamine groups is 1. The summed E-state index contributed by atoms with van der Waals surface area (Å²) in [7, 11) is 0. The van der Waals surface area contributed by atoms with E-state index in [0.29, 0.717) is 0 Å². The number of hydrogen-bond acceptors (Lipinski definition) is 4. The Balaban J connectivity index is 1.31. The van der Waals surface area contributed by atoms with Gasteiger partial charge in [0.25, 0.3) is 0 Å². The molecule has 158 valence electrons. The van der Waals surface area contributed by atoms with Gasteiger partial charge in [0.15, 0.2) is 0 Å². The summed E-state index contributed by atoms with van der Waals surface area (Å²) in [4.78, 5) is 17.5. The standard InChI is InChI=1S/C25H31N3O2/c29-25(26-30)24-22(18-7-2-1-3-8-18)23(24)19-9-6-10-21(17-19)28-15-11-20(12-16-28)27-13-4-5-14-27/h1-3,6-10,17,20,22-24,30H,4-5,11-16H2,(H,26,29). The predicted molar refractivity (Wildman–Crippen MR) is 118 cm³/mol. The lowest BCUT2D eigenvalue weighted by molar-refractivity contribution is -0.130. The average Bonchev–Trinajstić information content (AvgIpc) is 3.32. The van der Waals surface area contributed by atoms with Crippen molar-refractivity contribution in [1.82, 2.24) is 10.4 Å². The van der Waals surface area contributed by atoms with Crippen LogP contribution in [-0.4, -0.2) is 48.2 Å². The molecule has 0 radical (unpaired) electrons. The fraction of sp³-hybridized carbons (Fsp3) is 0.480. The third kappa shape index (κ3) is 3.72. The molecular formula is C25H31N3O2. The predicted octanol–water partition coefficient (Wildman–Crippen LogP) is 3.75. The van der Waals surface area contributed by atoms with Crippen molar-refractivity contribution in [2.45, 2.75) is 43.6 Å². The first kappa shape index (κ1) is 19.6. The molecule has 2 heterocycles. The molecule has 1 saturated carbocycles. The molecule has 2 saturated heterocycles. The second-order valence-electron chi connectivity index (χ2n) is 9.02. The Labute approximate surface area is 178 Å². The maximum atomic E-state index is 12.3. The molecule has 5 rings (SSSR count). The van der Waals surface area contributed by atoms with Crippen LogP contribution in [0.2, 0.25) is 0 Å². The fourth-order valence-electron chi connectivity index (χ4n) is 5.74. The van der Waals surface area contributed by atoms with Crippen LogP contribution in [0.25, 0.3) is 0 Å². The van der Waals surface area contributed by atoms with Gasteiger partial charge in [-0.3, -0.25) is 10.0 Å². The minimum atomic E-state index is -0.286. The first-order chi connectivity index (χ1) is 14.8. The van der Waals surface area contributed by atoms with Crippen molar-refractivity contribution in [3.63, 3.8) is 0 Å². The summed E-state index contributed by atoms with van der Waals surface area (Å²) in [5.41, 5.74) is 5.49. The van der Waals surface area contributed by atoms with Crippen LogP contribution in [0.4, 0.5) is 5.69 Å². The Hall–Kier alpha value is -2.37. The molecule has 3 fully saturated rings. The summed E-state index contributed by atoms with van der Waals surface area (Å²) >= 11 is 0. The summed E-state index contributed by atoms with van der Waals surface area (Å²) in [6.45, 7) is 4.74. The van der Waals surface area contributed by atoms with Crippen LogP contribution in [0.3, 0.4) is 0 Å². The van der Waals surface area contributed by atoms with Gasteiger partial charge in [-0.15, -0.1) is 0 Å². The first-order valence-corrected chi connectivity index (χ1v) is 11.3. The number of amides is 1. The molecule has 5 heteroatoms. The molecule has 2 aliphatic heterocycles. The summed E-state index contributed by atoms with van der Waals surface area (Å²) in [6, 6.07) is 19.6. The Morgan fingerprint density at radius 3 is 2.23 bits per heavy atom. The van der Waals surface area contributed by atoms with Gasteiger partial charge >= 0.3 is 0 Å². The van der Waals surface area contributed by atoms with Gasteiger partial charge in [-0.2, -0.15) is 0 Å². The van der Waals surface area contributed by atoms with Crippen molar-refractivity contribution < 1.29 is 10.0 Å². The summed E-state index contributed by atoms with van der Waals surface area (Å²) in [5.74, 6) is -0.268. The van der Waals surface area contributed by atoms with Crippen molar-refractivity contribution in [3.05, 3.63) is 65.7 Å². The number of piperidine rings is 1. The van der Waals surface area contributed by atoms with Gasteiger partial charge in [0, 0.05) is 36.7 Å². The molecule has 0 aromatic heterocycles. The van der Waals surface area contributed by atoms with E-state index in [9.17, 15) is 10.0 Å². The molecule has 5 nitrogen and oxygen atoms in total. The largest absolute Gasteiger partial charge is 0.371 e. The third-order valence-corrected chi connectivity index (χ3v) is 7.36. The van der Waals surface area contributed by atoms with E-state index in [0.717, 1.165) is 24.7 Å². The lowest BCUT2D eigenvalue weighted by atomic mass is 10.0. The molecule has 0 spiro atoms. The Morgan fingerprint density at radius 1 is 0.867 bits per heavy atom. The fourth-order valence-corrected chi connectivity index (χ4v) is 5.74. The van der Waals surface area contributed by atoms with Crippen LogP contribution >= 0.6 is 0 Å². The Morgan fingerprint density at radius 2 is 1.53 bits per heavy atom. The van der Waals surface area contributed by atoms with E-state index in [2.05, 4.69) is 46.2 Å². The number of hydrogen-bond donors (Lipinski definition) is 2. The number of carbonyl (C=O) groups is 1. The van der Waals surface area contributed by atoms with Gasteiger partial charge in [0.2, 0.25) is 5.91 Å². The van der Waals surface area contributed by atoms with Crippen molar-refractivity contribution in [1.29, 1.82) is 0 Å². The lowest BCUT2D eigenvalue weighted by Gasteiger charge is -2.38. The summed E-state index contributed by atoms with van der Waals surface area (Å²) in [5, 5.41) is 9.24. The van der Waals surface area contributed by atoms with Crippen LogP contribution in [0.1, 0.15) is 48.6 Å². The monoisotopic (exact) mass is 405 g/mol. The molecule has 3 aliphatic rings. The number of nitrogens with zero attached hydrogens (tertiary/aromatic N) is 2. The molecule has 2 aromatic carbocycles. The quantitative estimate of drug-likeness (QED) is 0.588. The number of likely N-dealkylation sites (tertiary alicyclic amines) is 1. The van der Waals surface area contributed by atoms with E-state index in [1.807, 2.05) is 23.7 Å². The van der Waals surface area contributed by atoms with E-state index in [-0.39, 0.29) is 23.7 Å². The average molecular weight is 406 g/mol. The van der Waals surface area contributed by atoms with E-state index in [1.165, 1.54) is 50.0 Å². The normalized spacial score (nSPS) is 27.2. The molecule has 30 heavy (non-hydrogen) atoms. The van der Waals surface area contributed by atoms with E-state index in [4.69, 9.17) is 0 Å². The molecule has 2 aromatic rings. The van der Waals surface area contributed by atoms with Crippen LogP contribution in [0, 0.1) is 5.92 Å². The molecule has 1 amide bonds. The highest BCUT2D eigenvalue weighted by atomic mass is 16.5. The second kappa shape index (κ2) is 8.40. The van der Waals surface area contributed by atoms with Gasteiger partial charge in [-0.25, -0.2) is 5.48 Å². The highest BCUT2D eigenvalue weighted by Gasteiger charge is 2.56. The molecule has 2 N–H and O–H groups in total. The van der Waals surface area contributed by atoms with E-state index < -0.39 is 0 Å². The smallest absolute Gasteiger partial charge is 0.247 e. The maximum Gasteiger partial charge on any atom is 0.247 e. The topological polar surface area (TPSA) is 55.8 Å². The molecule has 0 bridgehead atoms. The van der Waals surface area contributed by atoms with Crippen molar-refractivity contribution in [3.8, 4) is 0 Å². The molecule has 3 atom stereocenters. The van der Waals surface area contributed by atoms with Gasteiger partial charge in [-0.1, -0.05) is 42.5 Å². The van der Waals surface area contributed by atoms with Crippen molar-refractivity contribution in [2.75, 3.05) is 31.1 Å². The lowest BCUT2D eigenvalue weighted by Crippen LogP contribution is -2.43. The zero-order valence-corrected chi connectivity index (χ0v) is 17.4. The molecule has 1 aliphatic carbocycles. The van der Waals surface area contributed by atoms with Crippen LogP contribution in [0.5, 0.6) is 0 Å². The molecular weight excluding hydrogens is 374 g/mol.